The molecule has 0 bridgehead atoms. The van der Waals surface area contributed by atoms with Crippen LogP contribution in [0.15, 0.2) is 60.7 Å². The summed E-state index contributed by atoms with van der Waals surface area (Å²) >= 11 is 0. The first-order valence-corrected chi connectivity index (χ1v) is 8.40. The molecular formula is C20H11N3O6. The molecule has 0 amide bonds. The minimum Gasteiger partial charge on any atom is -0.258 e. The van der Waals surface area contributed by atoms with E-state index in [0.717, 1.165) is 11.6 Å². The average molecular weight is 389 g/mol. The van der Waals surface area contributed by atoms with Gasteiger partial charge in [-0.2, -0.15) is 0 Å². The van der Waals surface area contributed by atoms with E-state index in [2.05, 4.69) is 0 Å². The molecule has 1 aliphatic rings. The Morgan fingerprint density at radius 1 is 0.655 bits per heavy atom. The summed E-state index contributed by atoms with van der Waals surface area (Å²) in [4.78, 5) is 32.3. The molecule has 0 unspecified atom stereocenters. The summed E-state index contributed by atoms with van der Waals surface area (Å²) in [6.07, 6.45) is 1.71. The maximum Gasteiger partial charge on any atom is 0.284 e. The molecule has 9 nitrogen and oxygen atoms in total. The second kappa shape index (κ2) is 6.64. The smallest absolute Gasteiger partial charge is 0.258 e. The minimum atomic E-state index is -0.696. The quantitative estimate of drug-likeness (QED) is 0.357. The summed E-state index contributed by atoms with van der Waals surface area (Å²) in [7, 11) is 0. The van der Waals surface area contributed by atoms with E-state index in [9.17, 15) is 30.3 Å². The maximum absolute atomic E-state index is 11.6. The fourth-order valence-corrected chi connectivity index (χ4v) is 3.46. The van der Waals surface area contributed by atoms with Gasteiger partial charge >= 0.3 is 0 Å². The van der Waals surface area contributed by atoms with E-state index in [-0.39, 0.29) is 11.3 Å². The molecule has 0 N–H and O–H groups in total. The monoisotopic (exact) mass is 389 g/mol. The van der Waals surface area contributed by atoms with Crippen LogP contribution >= 0.6 is 0 Å². The van der Waals surface area contributed by atoms with Crippen LogP contribution in [0.5, 0.6) is 0 Å². The van der Waals surface area contributed by atoms with E-state index < -0.39 is 26.1 Å². The standard InChI is InChI=1S/C20H11N3O6/c24-21(25)13-6-7-15-17(9-13)16(8-12-4-2-1-3-5-12)18-10-14(22(26)27)11-19(20(15)18)23(28)29/h1-11H/b16-8+. The van der Waals surface area contributed by atoms with Gasteiger partial charge in [-0.05, 0) is 34.4 Å². The number of fused-ring (bicyclic) bond motifs is 3. The largest absolute Gasteiger partial charge is 0.284 e. The third kappa shape index (κ3) is 3.00. The molecule has 0 aromatic heterocycles. The number of nitro benzene ring substituents is 3. The number of hydrogen-bond acceptors (Lipinski definition) is 6. The van der Waals surface area contributed by atoms with E-state index in [1.165, 1.54) is 24.3 Å². The van der Waals surface area contributed by atoms with E-state index in [4.69, 9.17) is 0 Å². The summed E-state index contributed by atoms with van der Waals surface area (Å²) in [6, 6.07) is 15.2. The van der Waals surface area contributed by atoms with Gasteiger partial charge in [-0.1, -0.05) is 30.3 Å². The van der Waals surface area contributed by atoms with Crippen LogP contribution in [0.3, 0.4) is 0 Å². The van der Waals surface area contributed by atoms with Gasteiger partial charge in [-0.25, -0.2) is 0 Å². The molecule has 9 heteroatoms. The van der Waals surface area contributed by atoms with E-state index in [1.807, 2.05) is 6.07 Å². The third-order valence-electron chi connectivity index (χ3n) is 4.68. The van der Waals surface area contributed by atoms with Crippen molar-refractivity contribution in [2.45, 2.75) is 0 Å². The Balaban J connectivity index is 2.09. The predicted molar refractivity (Wildman–Crippen MR) is 105 cm³/mol. The van der Waals surface area contributed by atoms with Gasteiger partial charge in [-0.15, -0.1) is 0 Å². The van der Waals surface area contributed by atoms with Crippen molar-refractivity contribution in [3.05, 3.63) is 108 Å². The Bertz CT molecular complexity index is 1230. The first-order chi connectivity index (χ1) is 13.9. The lowest BCUT2D eigenvalue weighted by molar-refractivity contribution is -0.393. The van der Waals surface area contributed by atoms with Crippen molar-refractivity contribution >= 4 is 28.7 Å². The van der Waals surface area contributed by atoms with E-state index in [1.54, 1.807) is 30.3 Å². The summed E-state index contributed by atoms with van der Waals surface area (Å²) in [6.45, 7) is 0. The number of hydrogen-bond donors (Lipinski definition) is 0. The number of non-ortho nitro benzene ring substituents is 2. The van der Waals surface area contributed by atoms with Crippen LogP contribution in [-0.2, 0) is 0 Å². The van der Waals surface area contributed by atoms with E-state index in [0.29, 0.717) is 22.3 Å². The lowest BCUT2D eigenvalue weighted by Gasteiger charge is -2.04. The summed E-state index contributed by atoms with van der Waals surface area (Å²) in [5.41, 5.74) is 1.55. The predicted octanol–water partition coefficient (Wildman–Crippen LogP) is 4.98. The highest BCUT2D eigenvalue weighted by atomic mass is 16.6. The minimum absolute atomic E-state index is 0.173. The molecule has 0 spiro atoms. The highest BCUT2D eigenvalue weighted by Crippen LogP contribution is 2.51. The zero-order valence-electron chi connectivity index (χ0n) is 14.6. The van der Waals surface area contributed by atoms with Crippen molar-refractivity contribution in [1.82, 2.24) is 0 Å². The molecule has 0 radical (unpaired) electrons. The van der Waals surface area contributed by atoms with Crippen LogP contribution < -0.4 is 0 Å². The highest BCUT2D eigenvalue weighted by Gasteiger charge is 2.34. The summed E-state index contributed by atoms with van der Waals surface area (Å²) in [5, 5.41) is 34.2. The molecular weight excluding hydrogens is 378 g/mol. The first kappa shape index (κ1) is 18.0. The Labute approximate surface area is 163 Å². The molecule has 0 saturated heterocycles. The number of nitrogens with zero attached hydrogens (tertiary/aromatic N) is 3. The first-order valence-electron chi connectivity index (χ1n) is 8.40. The van der Waals surface area contributed by atoms with Gasteiger partial charge in [-0.3, -0.25) is 30.3 Å². The lowest BCUT2D eigenvalue weighted by atomic mass is 10.00. The van der Waals surface area contributed by atoms with Crippen LogP contribution in [0.1, 0.15) is 16.7 Å². The van der Waals surface area contributed by atoms with Crippen LogP contribution in [0.4, 0.5) is 17.1 Å². The zero-order chi connectivity index (χ0) is 20.7. The van der Waals surface area contributed by atoms with Crippen LogP contribution in [-0.4, -0.2) is 14.8 Å². The Hall–Kier alpha value is -4.40. The van der Waals surface area contributed by atoms with Gasteiger partial charge in [0.25, 0.3) is 17.1 Å². The number of benzene rings is 3. The van der Waals surface area contributed by atoms with Gasteiger partial charge in [0, 0.05) is 23.8 Å². The van der Waals surface area contributed by atoms with Crippen LogP contribution in [0.2, 0.25) is 0 Å². The van der Waals surface area contributed by atoms with Gasteiger partial charge in [0.2, 0.25) is 0 Å². The Morgan fingerprint density at radius 2 is 1.31 bits per heavy atom. The molecule has 3 aromatic carbocycles. The molecule has 0 fully saturated rings. The van der Waals surface area contributed by atoms with Crippen molar-refractivity contribution < 1.29 is 14.8 Å². The average Bonchev–Trinajstić information content (AvgIpc) is 3.01. The molecule has 4 rings (SSSR count). The molecule has 0 saturated carbocycles. The fraction of sp³-hybridized carbons (Fsp3) is 0. The van der Waals surface area contributed by atoms with Crippen LogP contribution in [0, 0.1) is 30.3 Å². The van der Waals surface area contributed by atoms with Crippen molar-refractivity contribution in [3.63, 3.8) is 0 Å². The molecule has 29 heavy (non-hydrogen) atoms. The van der Waals surface area contributed by atoms with Crippen molar-refractivity contribution in [1.29, 1.82) is 0 Å². The van der Waals surface area contributed by atoms with Gasteiger partial charge in [0.15, 0.2) is 0 Å². The molecule has 0 aliphatic heterocycles. The molecule has 142 valence electrons. The lowest BCUT2D eigenvalue weighted by Crippen LogP contribution is -1.96. The van der Waals surface area contributed by atoms with Crippen LogP contribution in [0.25, 0.3) is 22.8 Å². The Morgan fingerprint density at radius 3 is 1.93 bits per heavy atom. The van der Waals surface area contributed by atoms with Gasteiger partial charge in [0.1, 0.15) is 0 Å². The number of nitro groups is 3. The maximum atomic E-state index is 11.6. The van der Waals surface area contributed by atoms with Gasteiger partial charge < -0.3 is 0 Å². The fourth-order valence-electron chi connectivity index (χ4n) is 3.46. The Kier molecular flexibility index (Phi) is 4.12. The highest BCUT2D eigenvalue weighted by molar-refractivity contribution is 6.09. The zero-order valence-corrected chi connectivity index (χ0v) is 14.6. The third-order valence-corrected chi connectivity index (χ3v) is 4.68. The van der Waals surface area contributed by atoms with Crippen molar-refractivity contribution in [2.75, 3.05) is 0 Å². The molecule has 0 atom stereocenters. The topological polar surface area (TPSA) is 129 Å². The molecule has 3 aromatic rings. The SMILES string of the molecule is O=[N+]([O-])c1ccc2c(c1)/C(=C\c1ccccc1)c1cc([N+](=O)[O-])cc([N+](=O)[O-])c1-2. The normalized spacial score (nSPS) is 13.0. The summed E-state index contributed by atoms with van der Waals surface area (Å²) < 4.78 is 0. The summed E-state index contributed by atoms with van der Waals surface area (Å²) in [5.74, 6) is 0. The van der Waals surface area contributed by atoms with Gasteiger partial charge in [0.05, 0.1) is 26.4 Å². The molecule has 1 aliphatic carbocycles. The van der Waals surface area contributed by atoms with Crippen molar-refractivity contribution in [3.8, 4) is 11.1 Å². The molecule has 0 heterocycles. The van der Waals surface area contributed by atoms with E-state index >= 15 is 0 Å². The second-order valence-corrected chi connectivity index (χ2v) is 6.36. The van der Waals surface area contributed by atoms with Crippen molar-refractivity contribution in [2.24, 2.45) is 0 Å². The number of rotatable bonds is 4. The second-order valence-electron chi connectivity index (χ2n) is 6.36.